The van der Waals surface area contributed by atoms with Gasteiger partial charge in [-0.3, -0.25) is 10.1 Å². The zero-order valence-corrected chi connectivity index (χ0v) is 17.8. The van der Waals surface area contributed by atoms with E-state index in [1.807, 2.05) is 50.2 Å². The van der Waals surface area contributed by atoms with Gasteiger partial charge in [0.15, 0.2) is 23.1 Å². The standard InChI is InChI=1S/C23H26N6O2/c1-4-30-19-10-6-8-17-12-20(31-21(17)19)15(2)28-23(24-3)25-13-16-7-5-9-18(11-16)22-26-14-27-29-22/h5-12,14-15H,4,13H2,1-3H3,(H2,24,25,28)(H,26,27,29). The number of nitrogens with one attached hydrogen (secondary N) is 3. The van der Waals surface area contributed by atoms with Crippen LogP contribution in [0.2, 0.25) is 0 Å². The molecule has 2 aromatic heterocycles. The Labute approximate surface area is 180 Å². The smallest absolute Gasteiger partial charge is 0.191 e. The molecule has 0 aliphatic rings. The van der Waals surface area contributed by atoms with Crippen LogP contribution in [0.5, 0.6) is 5.75 Å². The van der Waals surface area contributed by atoms with Crippen molar-refractivity contribution in [3.05, 3.63) is 66.2 Å². The minimum absolute atomic E-state index is 0.0754. The van der Waals surface area contributed by atoms with Crippen LogP contribution in [0.25, 0.3) is 22.4 Å². The average Bonchev–Trinajstić information content (AvgIpc) is 3.47. The van der Waals surface area contributed by atoms with E-state index in [2.05, 4.69) is 42.9 Å². The number of nitrogens with zero attached hydrogens (tertiary/aromatic N) is 3. The van der Waals surface area contributed by atoms with E-state index >= 15 is 0 Å². The van der Waals surface area contributed by atoms with Crippen molar-refractivity contribution >= 4 is 16.9 Å². The summed E-state index contributed by atoms with van der Waals surface area (Å²) in [4.78, 5) is 8.55. The molecule has 0 bridgehead atoms. The third kappa shape index (κ3) is 4.69. The molecule has 31 heavy (non-hydrogen) atoms. The van der Waals surface area contributed by atoms with E-state index in [-0.39, 0.29) is 6.04 Å². The molecule has 3 N–H and O–H groups in total. The summed E-state index contributed by atoms with van der Waals surface area (Å²) in [7, 11) is 1.75. The molecular weight excluding hydrogens is 392 g/mol. The molecule has 8 heteroatoms. The van der Waals surface area contributed by atoms with Crippen molar-refractivity contribution in [2.45, 2.75) is 26.4 Å². The Kier molecular flexibility index (Phi) is 6.16. The number of guanidine groups is 1. The van der Waals surface area contributed by atoms with Gasteiger partial charge < -0.3 is 19.8 Å². The van der Waals surface area contributed by atoms with Crippen LogP contribution < -0.4 is 15.4 Å². The first-order valence-electron chi connectivity index (χ1n) is 10.2. The van der Waals surface area contributed by atoms with Crippen molar-refractivity contribution in [1.29, 1.82) is 0 Å². The van der Waals surface area contributed by atoms with Crippen LogP contribution in [0.4, 0.5) is 0 Å². The first-order chi connectivity index (χ1) is 15.2. The van der Waals surface area contributed by atoms with Crippen LogP contribution in [0.3, 0.4) is 0 Å². The maximum absolute atomic E-state index is 6.09. The number of fused-ring (bicyclic) bond motifs is 1. The fraction of sp³-hybridized carbons (Fsp3) is 0.261. The lowest BCUT2D eigenvalue weighted by Crippen LogP contribution is -2.38. The first-order valence-corrected chi connectivity index (χ1v) is 10.2. The van der Waals surface area contributed by atoms with Crippen molar-refractivity contribution in [2.24, 2.45) is 4.99 Å². The summed E-state index contributed by atoms with van der Waals surface area (Å²) in [6, 6.07) is 16.0. The minimum atomic E-state index is -0.0754. The zero-order valence-electron chi connectivity index (χ0n) is 17.8. The minimum Gasteiger partial charge on any atom is -0.490 e. The number of furan rings is 1. The van der Waals surface area contributed by atoms with Gasteiger partial charge in [0.2, 0.25) is 0 Å². The third-order valence-electron chi connectivity index (χ3n) is 4.91. The predicted molar refractivity (Wildman–Crippen MR) is 121 cm³/mol. The number of rotatable bonds is 7. The number of ether oxygens (including phenoxy) is 1. The molecule has 1 atom stereocenters. The zero-order chi connectivity index (χ0) is 21.6. The van der Waals surface area contributed by atoms with E-state index < -0.39 is 0 Å². The Balaban J connectivity index is 1.42. The van der Waals surface area contributed by atoms with Crippen molar-refractivity contribution in [3.8, 4) is 17.1 Å². The second kappa shape index (κ2) is 9.34. The second-order valence-electron chi connectivity index (χ2n) is 7.08. The average molecular weight is 419 g/mol. The number of para-hydroxylation sites is 1. The number of hydrogen-bond donors (Lipinski definition) is 3. The van der Waals surface area contributed by atoms with E-state index in [1.54, 1.807) is 7.05 Å². The van der Waals surface area contributed by atoms with E-state index in [9.17, 15) is 0 Å². The summed E-state index contributed by atoms with van der Waals surface area (Å²) in [5.41, 5.74) is 2.86. The van der Waals surface area contributed by atoms with Gasteiger partial charge in [-0.1, -0.05) is 30.3 Å². The number of aromatic amines is 1. The van der Waals surface area contributed by atoms with Crippen LogP contribution in [0.1, 0.15) is 31.2 Å². The monoisotopic (exact) mass is 418 g/mol. The summed E-state index contributed by atoms with van der Waals surface area (Å²) in [6.07, 6.45) is 1.50. The molecule has 0 saturated heterocycles. The van der Waals surface area contributed by atoms with Gasteiger partial charge in [-0.25, -0.2) is 4.98 Å². The molecule has 0 saturated carbocycles. The SMILES string of the molecule is CCOc1cccc2cc(C(C)NC(=NC)NCc3cccc(-c4ncn[nH]4)c3)oc12. The van der Waals surface area contributed by atoms with Crippen molar-refractivity contribution in [1.82, 2.24) is 25.8 Å². The molecule has 160 valence electrons. The summed E-state index contributed by atoms with van der Waals surface area (Å²) in [5.74, 6) is 3.00. The van der Waals surface area contributed by atoms with Crippen molar-refractivity contribution in [2.75, 3.05) is 13.7 Å². The highest BCUT2D eigenvalue weighted by atomic mass is 16.5. The van der Waals surface area contributed by atoms with Crippen LogP contribution >= 0.6 is 0 Å². The van der Waals surface area contributed by atoms with Gasteiger partial charge in [-0.2, -0.15) is 5.10 Å². The lowest BCUT2D eigenvalue weighted by molar-refractivity contribution is 0.336. The highest BCUT2D eigenvalue weighted by Gasteiger charge is 2.15. The molecule has 0 fully saturated rings. The van der Waals surface area contributed by atoms with Crippen molar-refractivity contribution in [3.63, 3.8) is 0 Å². The van der Waals surface area contributed by atoms with Gasteiger partial charge in [0, 0.05) is 24.5 Å². The molecule has 0 radical (unpaired) electrons. The lowest BCUT2D eigenvalue weighted by Gasteiger charge is -2.16. The highest BCUT2D eigenvalue weighted by molar-refractivity contribution is 5.84. The molecular formula is C23H26N6O2. The molecule has 2 aromatic carbocycles. The highest BCUT2D eigenvalue weighted by Crippen LogP contribution is 2.31. The van der Waals surface area contributed by atoms with Gasteiger partial charge in [0.05, 0.1) is 12.6 Å². The van der Waals surface area contributed by atoms with E-state index in [0.29, 0.717) is 19.1 Å². The summed E-state index contributed by atoms with van der Waals surface area (Å²) in [6.45, 7) is 5.21. The maximum Gasteiger partial charge on any atom is 0.191 e. The second-order valence-corrected chi connectivity index (χ2v) is 7.08. The quantitative estimate of drug-likeness (QED) is 0.309. The Morgan fingerprint density at radius 3 is 2.87 bits per heavy atom. The topological polar surface area (TPSA) is 100 Å². The Morgan fingerprint density at radius 1 is 1.23 bits per heavy atom. The van der Waals surface area contributed by atoms with Crippen LogP contribution in [0, 0.1) is 0 Å². The number of aliphatic imine (C=N–C) groups is 1. The number of aromatic nitrogens is 3. The van der Waals surface area contributed by atoms with E-state index in [1.165, 1.54) is 6.33 Å². The summed E-state index contributed by atoms with van der Waals surface area (Å²) >= 11 is 0. The fourth-order valence-corrected chi connectivity index (χ4v) is 3.37. The maximum atomic E-state index is 6.09. The van der Waals surface area contributed by atoms with Gasteiger partial charge in [0.1, 0.15) is 12.1 Å². The Morgan fingerprint density at radius 2 is 2.10 bits per heavy atom. The summed E-state index contributed by atoms with van der Waals surface area (Å²) < 4.78 is 11.8. The predicted octanol–water partition coefficient (Wildman–Crippen LogP) is 4.04. The fourth-order valence-electron chi connectivity index (χ4n) is 3.37. The van der Waals surface area contributed by atoms with Gasteiger partial charge in [0.25, 0.3) is 0 Å². The molecule has 0 aliphatic carbocycles. The number of H-pyrrole nitrogens is 1. The summed E-state index contributed by atoms with van der Waals surface area (Å²) in [5, 5.41) is 14.5. The van der Waals surface area contributed by atoms with Gasteiger partial charge >= 0.3 is 0 Å². The Bertz CT molecular complexity index is 1170. The molecule has 0 aliphatic heterocycles. The molecule has 4 rings (SSSR count). The normalized spacial score (nSPS) is 12.7. The van der Waals surface area contributed by atoms with Crippen molar-refractivity contribution < 1.29 is 9.15 Å². The molecule has 0 spiro atoms. The number of benzene rings is 2. The molecule has 4 aromatic rings. The largest absolute Gasteiger partial charge is 0.490 e. The van der Waals surface area contributed by atoms with Crippen LogP contribution in [0.15, 0.2) is 64.3 Å². The molecule has 0 amide bonds. The van der Waals surface area contributed by atoms with Crippen LogP contribution in [-0.4, -0.2) is 34.8 Å². The van der Waals surface area contributed by atoms with Gasteiger partial charge in [-0.05, 0) is 37.6 Å². The Hall–Kier alpha value is -3.81. The molecule has 1 unspecified atom stereocenters. The van der Waals surface area contributed by atoms with E-state index in [0.717, 1.165) is 39.4 Å². The first kappa shape index (κ1) is 20.5. The van der Waals surface area contributed by atoms with Crippen LogP contribution in [-0.2, 0) is 6.54 Å². The molecule has 8 nitrogen and oxygen atoms in total. The third-order valence-corrected chi connectivity index (χ3v) is 4.91. The lowest BCUT2D eigenvalue weighted by atomic mass is 10.1. The molecule has 2 heterocycles. The van der Waals surface area contributed by atoms with E-state index in [4.69, 9.17) is 9.15 Å². The van der Waals surface area contributed by atoms with Gasteiger partial charge in [-0.15, -0.1) is 0 Å². The number of hydrogen-bond acceptors (Lipinski definition) is 5.